The van der Waals surface area contributed by atoms with Crippen molar-refractivity contribution in [3.8, 4) is 0 Å². The molecule has 0 radical (unpaired) electrons. The van der Waals surface area contributed by atoms with Gasteiger partial charge < -0.3 is 19.6 Å². The maximum atomic E-state index is 10.6. The van der Waals surface area contributed by atoms with E-state index in [1.54, 1.807) is 12.4 Å². The van der Waals surface area contributed by atoms with E-state index < -0.39 is 12.1 Å². The number of piperidine rings is 1. The highest BCUT2D eigenvalue weighted by Gasteiger charge is 2.40. The van der Waals surface area contributed by atoms with Crippen molar-refractivity contribution in [1.29, 1.82) is 0 Å². The summed E-state index contributed by atoms with van der Waals surface area (Å²) < 4.78 is 38.0. The number of carboxylic acid groups (broad SMARTS) is 1. The van der Waals surface area contributed by atoms with Crippen LogP contribution in [0, 0.1) is 6.92 Å². The molecule has 31 heavy (non-hydrogen) atoms. The summed E-state index contributed by atoms with van der Waals surface area (Å²) in [6.07, 6.45) is 0.533. The van der Waals surface area contributed by atoms with E-state index >= 15 is 0 Å². The number of aromatic nitrogens is 3. The Kier molecular flexibility index (Phi) is 6.94. The molecule has 0 amide bonds. The minimum atomic E-state index is -5.08. The molecule has 2 aromatic heterocycles. The van der Waals surface area contributed by atoms with Crippen LogP contribution in [0.25, 0.3) is 0 Å². The third-order valence-electron chi connectivity index (χ3n) is 5.20. The highest BCUT2D eigenvalue weighted by Crippen LogP contribution is 2.32. The van der Waals surface area contributed by atoms with Gasteiger partial charge in [-0.2, -0.15) is 13.2 Å². The molecule has 0 atom stereocenters. The molecule has 1 N–H and O–H groups in total. The SMILES string of the molecule is Cc1cccc(N2CCC3(CC2)CN(c2ncccn2)CCO3)n1.O=C(O)C(F)(F)F. The van der Waals surface area contributed by atoms with E-state index in [9.17, 15) is 13.2 Å². The standard InChI is InChI=1S/C18H23N5O.C2HF3O2/c1-15-4-2-5-16(21-15)22-10-6-18(7-11-22)14-23(12-13-24-18)17-19-8-3-9-20-17;3-2(4,5)1(6)7/h2-5,8-9H,6-7,10-14H2,1H3;(H,6,7). The van der Waals surface area contributed by atoms with Gasteiger partial charge in [-0.25, -0.2) is 19.7 Å². The quantitative estimate of drug-likeness (QED) is 0.764. The lowest BCUT2D eigenvalue weighted by atomic mass is 9.89. The number of carboxylic acids is 1. The number of hydrogen-bond donors (Lipinski definition) is 1. The fourth-order valence-corrected chi connectivity index (χ4v) is 3.62. The fourth-order valence-electron chi connectivity index (χ4n) is 3.62. The lowest BCUT2D eigenvalue weighted by Gasteiger charge is -2.47. The highest BCUT2D eigenvalue weighted by molar-refractivity contribution is 5.73. The van der Waals surface area contributed by atoms with E-state index in [1.165, 1.54) is 0 Å². The number of aliphatic carboxylic acids is 1. The van der Waals surface area contributed by atoms with E-state index in [2.05, 4.69) is 36.9 Å². The molecular weight excluding hydrogens is 415 g/mol. The van der Waals surface area contributed by atoms with Crippen molar-refractivity contribution in [3.05, 3.63) is 42.4 Å². The minimum absolute atomic E-state index is 0.0855. The number of morpholine rings is 1. The Morgan fingerprint density at radius 1 is 1.10 bits per heavy atom. The van der Waals surface area contributed by atoms with Gasteiger partial charge in [0.1, 0.15) is 5.82 Å². The molecule has 2 saturated heterocycles. The second-order valence-corrected chi connectivity index (χ2v) is 7.43. The predicted octanol–water partition coefficient (Wildman–Crippen LogP) is 2.69. The van der Waals surface area contributed by atoms with Crippen LogP contribution in [0.1, 0.15) is 18.5 Å². The van der Waals surface area contributed by atoms with Gasteiger partial charge in [0.25, 0.3) is 0 Å². The Hall–Kier alpha value is -2.95. The van der Waals surface area contributed by atoms with E-state index in [1.807, 2.05) is 19.1 Å². The molecular formula is C20H24F3N5O3. The van der Waals surface area contributed by atoms with E-state index in [0.29, 0.717) is 0 Å². The molecule has 2 fully saturated rings. The normalized spacial score (nSPS) is 18.3. The van der Waals surface area contributed by atoms with Crippen LogP contribution in [0.15, 0.2) is 36.7 Å². The van der Waals surface area contributed by atoms with Crippen molar-refractivity contribution < 1.29 is 27.8 Å². The zero-order valence-electron chi connectivity index (χ0n) is 17.0. The Morgan fingerprint density at radius 2 is 1.74 bits per heavy atom. The van der Waals surface area contributed by atoms with Crippen molar-refractivity contribution in [3.63, 3.8) is 0 Å². The second-order valence-electron chi connectivity index (χ2n) is 7.43. The van der Waals surface area contributed by atoms with Crippen LogP contribution in [0.3, 0.4) is 0 Å². The summed E-state index contributed by atoms with van der Waals surface area (Å²) in [5, 5.41) is 7.12. The molecule has 0 unspecified atom stereocenters. The van der Waals surface area contributed by atoms with Crippen LogP contribution in [0.2, 0.25) is 0 Å². The number of alkyl halides is 3. The lowest BCUT2D eigenvalue weighted by molar-refractivity contribution is -0.192. The highest BCUT2D eigenvalue weighted by atomic mass is 19.4. The van der Waals surface area contributed by atoms with Gasteiger partial charge in [-0.05, 0) is 38.0 Å². The van der Waals surface area contributed by atoms with Crippen molar-refractivity contribution in [2.75, 3.05) is 42.6 Å². The lowest BCUT2D eigenvalue weighted by Crippen LogP contribution is -2.57. The third-order valence-corrected chi connectivity index (χ3v) is 5.20. The Balaban J connectivity index is 0.000000339. The molecule has 4 heterocycles. The van der Waals surface area contributed by atoms with Crippen molar-refractivity contribution in [2.45, 2.75) is 31.5 Å². The van der Waals surface area contributed by atoms with Crippen molar-refractivity contribution >= 4 is 17.7 Å². The van der Waals surface area contributed by atoms with Gasteiger partial charge in [0.15, 0.2) is 0 Å². The monoisotopic (exact) mass is 439 g/mol. The predicted molar refractivity (Wildman–Crippen MR) is 107 cm³/mol. The molecule has 2 aromatic rings. The molecule has 2 aliphatic rings. The van der Waals surface area contributed by atoms with Crippen molar-refractivity contribution in [2.24, 2.45) is 0 Å². The van der Waals surface area contributed by atoms with Gasteiger partial charge in [0.05, 0.1) is 18.8 Å². The van der Waals surface area contributed by atoms with E-state index in [0.717, 1.165) is 63.1 Å². The molecule has 0 saturated carbocycles. The molecule has 0 aromatic carbocycles. The molecule has 2 aliphatic heterocycles. The number of nitrogens with zero attached hydrogens (tertiary/aromatic N) is 5. The maximum absolute atomic E-state index is 10.6. The number of carbonyl (C=O) groups is 1. The summed E-state index contributed by atoms with van der Waals surface area (Å²) in [5.41, 5.74) is 0.978. The third kappa shape index (κ3) is 6.03. The molecule has 8 nitrogen and oxygen atoms in total. The summed E-state index contributed by atoms with van der Waals surface area (Å²) >= 11 is 0. The number of pyridine rings is 1. The number of hydrogen-bond acceptors (Lipinski definition) is 7. The summed E-state index contributed by atoms with van der Waals surface area (Å²) in [6, 6.07) is 8.06. The zero-order valence-corrected chi connectivity index (χ0v) is 17.0. The van der Waals surface area contributed by atoms with Crippen molar-refractivity contribution in [1.82, 2.24) is 15.0 Å². The largest absolute Gasteiger partial charge is 0.490 e. The number of anilines is 2. The Morgan fingerprint density at radius 3 is 2.32 bits per heavy atom. The first-order valence-electron chi connectivity index (χ1n) is 9.83. The van der Waals surface area contributed by atoms with E-state index in [4.69, 9.17) is 14.6 Å². The van der Waals surface area contributed by atoms with Gasteiger partial charge in [-0.1, -0.05) is 6.07 Å². The maximum Gasteiger partial charge on any atom is 0.490 e. The van der Waals surface area contributed by atoms with Gasteiger partial charge in [0, 0.05) is 37.7 Å². The molecule has 11 heteroatoms. The first-order valence-corrected chi connectivity index (χ1v) is 9.83. The molecule has 1 spiro atoms. The van der Waals surface area contributed by atoms with Gasteiger partial charge in [0.2, 0.25) is 5.95 Å². The first kappa shape index (κ1) is 22.7. The smallest absolute Gasteiger partial charge is 0.475 e. The topological polar surface area (TPSA) is 91.7 Å². The van der Waals surface area contributed by atoms with Crippen LogP contribution in [-0.2, 0) is 9.53 Å². The van der Waals surface area contributed by atoms with Crippen LogP contribution in [0.4, 0.5) is 24.9 Å². The number of halogens is 3. The summed E-state index contributed by atoms with van der Waals surface area (Å²) in [6.45, 7) is 6.44. The molecule has 4 rings (SSSR count). The number of rotatable bonds is 2. The average Bonchev–Trinajstić information content (AvgIpc) is 2.75. The second kappa shape index (κ2) is 9.46. The number of ether oxygens (including phenoxy) is 1. The Bertz CT molecular complexity index is 874. The van der Waals surface area contributed by atoms with Gasteiger partial charge in [-0.15, -0.1) is 0 Å². The molecule has 0 bridgehead atoms. The molecule has 168 valence electrons. The minimum Gasteiger partial charge on any atom is -0.475 e. The van der Waals surface area contributed by atoms with Crippen LogP contribution in [0.5, 0.6) is 0 Å². The average molecular weight is 439 g/mol. The summed E-state index contributed by atoms with van der Waals surface area (Å²) in [5.74, 6) is -0.876. The van der Waals surface area contributed by atoms with Gasteiger partial charge >= 0.3 is 12.1 Å². The fraction of sp³-hybridized carbons (Fsp3) is 0.500. The van der Waals surface area contributed by atoms with Crippen LogP contribution < -0.4 is 9.80 Å². The Labute approximate surface area is 177 Å². The van der Waals surface area contributed by atoms with E-state index in [-0.39, 0.29) is 5.60 Å². The summed E-state index contributed by atoms with van der Waals surface area (Å²) in [4.78, 5) is 26.9. The first-order chi connectivity index (χ1) is 14.7. The molecule has 0 aliphatic carbocycles. The van der Waals surface area contributed by atoms with Crippen LogP contribution >= 0.6 is 0 Å². The van der Waals surface area contributed by atoms with Gasteiger partial charge in [-0.3, -0.25) is 0 Å². The van der Waals surface area contributed by atoms with Crippen LogP contribution in [-0.4, -0.2) is 70.6 Å². The zero-order chi connectivity index (χ0) is 22.5. The number of aryl methyl sites for hydroxylation is 1. The summed E-state index contributed by atoms with van der Waals surface area (Å²) in [7, 11) is 0.